The topological polar surface area (TPSA) is 59.3 Å². The van der Waals surface area contributed by atoms with Gasteiger partial charge in [-0.1, -0.05) is 29.8 Å². The number of hydrogen-bond acceptors (Lipinski definition) is 3. The molecule has 0 saturated heterocycles. The zero-order valence-corrected chi connectivity index (χ0v) is 14.0. The average molecular weight is 346 g/mol. The molecule has 0 aliphatic carbocycles. The third-order valence-electron chi connectivity index (χ3n) is 4.10. The summed E-state index contributed by atoms with van der Waals surface area (Å²) < 4.78 is 15.7. The number of aryl methyl sites for hydroxylation is 1. The monoisotopic (exact) mass is 346 g/mol. The van der Waals surface area contributed by atoms with Gasteiger partial charge in [-0.3, -0.25) is 9.20 Å². The zero-order chi connectivity index (χ0) is 18.1. The number of hydrogen-bond donors (Lipinski definition) is 1. The molecule has 0 aliphatic rings. The number of halogens is 1. The van der Waals surface area contributed by atoms with Crippen LogP contribution in [0, 0.1) is 12.7 Å². The van der Waals surface area contributed by atoms with Crippen LogP contribution in [0.1, 0.15) is 15.9 Å². The van der Waals surface area contributed by atoms with Gasteiger partial charge in [0.05, 0.1) is 11.1 Å². The molecule has 5 nitrogen and oxygen atoms in total. The number of pyridine rings is 1. The molecule has 1 N–H and O–H groups in total. The molecule has 26 heavy (non-hydrogen) atoms. The maximum absolute atomic E-state index is 14.1. The lowest BCUT2D eigenvalue weighted by Gasteiger charge is -2.07. The second kappa shape index (κ2) is 6.40. The van der Waals surface area contributed by atoms with E-state index in [0.717, 1.165) is 5.56 Å². The van der Waals surface area contributed by atoms with E-state index in [9.17, 15) is 9.18 Å². The molecule has 6 heteroatoms. The van der Waals surface area contributed by atoms with Crippen molar-refractivity contribution in [1.82, 2.24) is 14.6 Å². The summed E-state index contributed by atoms with van der Waals surface area (Å²) in [6.45, 7) is 1.98. The molecule has 4 aromatic rings. The minimum Gasteiger partial charge on any atom is -0.322 e. The quantitative estimate of drug-likeness (QED) is 0.608. The molecule has 0 unspecified atom stereocenters. The van der Waals surface area contributed by atoms with E-state index >= 15 is 0 Å². The van der Waals surface area contributed by atoms with Crippen LogP contribution in [-0.4, -0.2) is 20.5 Å². The number of carbonyl (C=O) groups is 1. The van der Waals surface area contributed by atoms with E-state index in [4.69, 9.17) is 0 Å². The van der Waals surface area contributed by atoms with Crippen molar-refractivity contribution in [3.63, 3.8) is 0 Å². The number of amides is 1. The number of benzene rings is 2. The molecule has 0 radical (unpaired) electrons. The van der Waals surface area contributed by atoms with Crippen molar-refractivity contribution in [2.75, 3.05) is 5.32 Å². The van der Waals surface area contributed by atoms with Crippen LogP contribution >= 0.6 is 0 Å². The number of fused-ring (bicyclic) bond motifs is 1. The van der Waals surface area contributed by atoms with Crippen molar-refractivity contribution in [2.24, 2.45) is 0 Å². The molecule has 0 spiro atoms. The molecule has 2 aromatic heterocycles. The molecule has 128 valence electrons. The summed E-state index contributed by atoms with van der Waals surface area (Å²) >= 11 is 0. The first-order valence-corrected chi connectivity index (χ1v) is 8.10. The zero-order valence-electron chi connectivity index (χ0n) is 14.0. The summed E-state index contributed by atoms with van der Waals surface area (Å²) in [6, 6.07) is 17.2. The molecule has 2 aromatic carbocycles. The first-order valence-electron chi connectivity index (χ1n) is 8.10. The number of aromatic nitrogens is 3. The molecule has 1 amide bonds. The highest BCUT2D eigenvalue weighted by Gasteiger charge is 2.17. The van der Waals surface area contributed by atoms with E-state index in [1.165, 1.54) is 6.07 Å². The maximum Gasteiger partial charge on any atom is 0.259 e. The standard InChI is InChI=1S/C20H15FN4O/c1-13-8-10-14(11-9-13)22-20(26)16-6-4-12-25-18(23-24-19(16)25)15-5-2-3-7-17(15)21/h2-12H,1H3,(H,22,26). The van der Waals surface area contributed by atoms with Crippen LogP contribution in [0.25, 0.3) is 17.0 Å². The summed E-state index contributed by atoms with van der Waals surface area (Å²) in [5, 5.41) is 11.0. The van der Waals surface area contributed by atoms with Crippen LogP contribution in [0.5, 0.6) is 0 Å². The van der Waals surface area contributed by atoms with Crippen molar-refractivity contribution in [2.45, 2.75) is 6.92 Å². The number of nitrogens with zero attached hydrogens (tertiary/aromatic N) is 3. The second-order valence-electron chi connectivity index (χ2n) is 5.94. The van der Waals surface area contributed by atoms with Crippen molar-refractivity contribution in [3.8, 4) is 11.4 Å². The smallest absolute Gasteiger partial charge is 0.259 e. The van der Waals surface area contributed by atoms with Gasteiger partial charge in [-0.25, -0.2) is 4.39 Å². The molecule has 0 bridgehead atoms. The third kappa shape index (κ3) is 2.82. The van der Waals surface area contributed by atoms with Gasteiger partial charge in [0.15, 0.2) is 11.5 Å². The van der Waals surface area contributed by atoms with E-state index in [1.54, 1.807) is 40.9 Å². The van der Waals surface area contributed by atoms with Gasteiger partial charge in [0.2, 0.25) is 0 Å². The fourth-order valence-corrected chi connectivity index (χ4v) is 2.75. The van der Waals surface area contributed by atoms with E-state index in [2.05, 4.69) is 15.5 Å². The molecular formula is C20H15FN4O. The summed E-state index contributed by atoms with van der Waals surface area (Å²) in [4.78, 5) is 12.7. The maximum atomic E-state index is 14.1. The fraction of sp³-hybridized carbons (Fsp3) is 0.0500. The van der Waals surface area contributed by atoms with Gasteiger partial charge in [-0.15, -0.1) is 10.2 Å². The fourth-order valence-electron chi connectivity index (χ4n) is 2.75. The number of rotatable bonds is 3. The van der Waals surface area contributed by atoms with Gasteiger partial charge < -0.3 is 5.32 Å². The van der Waals surface area contributed by atoms with E-state index in [0.29, 0.717) is 28.3 Å². The van der Waals surface area contributed by atoms with E-state index in [-0.39, 0.29) is 5.91 Å². The highest BCUT2D eigenvalue weighted by Crippen LogP contribution is 2.23. The second-order valence-corrected chi connectivity index (χ2v) is 5.94. The highest BCUT2D eigenvalue weighted by molar-refractivity contribution is 6.08. The first kappa shape index (κ1) is 16.0. The van der Waals surface area contributed by atoms with Gasteiger partial charge in [0.1, 0.15) is 5.82 Å². The van der Waals surface area contributed by atoms with Gasteiger partial charge in [0, 0.05) is 11.9 Å². The van der Waals surface area contributed by atoms with Crippen molar-refractivity contribution in [1.29, 1.82) is 0 Å². The lowest BCUT2D eigenvalue weighted by molar-refractivity contribution is 0.102. The van der Waals surface area contributed by atoms with Crippen LogP contribution < -0.4 is 5.32 Å². The Bertz CT molecular complexity index is 1100. The van der Waals surface area contributed by atoms with Crippen molar-refractivity contribution < 1.29 is 9.18 Å². The molecule has 0 saturated carbocycles. The normalized spacial score (nSPS) is 10.8. The van der Waals surface area contributed by atoms with Crippen LogP contribution in [0.2, 0.25) is 0 Å². The predicted molar refractivity (Wildman–Crippen MR) is 97.5 cm³/mol. The Hall–Kier alpha value is -3.54. The van der Waals surface area contributed by atoms with Crippen LogP contribution in [0.4, 0.5) is 10.1 Å². The number of carbonyl (C=O) groups excluding carboxylic acids is 1. The SMILES string of the molecule is Cc1ccc(NC(=O)c2cccn3c(-c4ccccc4F)nnc23)cc1. The van der Waals surface area contributed by atoms with Crippen molar-refractivity contribution in [3.05, 3.63) is 83.8 Å². The Morgan fingerprint density at radius 3 is 2.54 bits per heavy atom. The minimum atomic E-state index is -0.392. The van der Waals surface area contributed by atoms with Crippen LogP contribution in [0.3, 0.4) is 0 Å². The summed E-state index contributed by atoms with van der Waals surface area (Å²) in [7, 11) is 0. The summed E-state index contributed by atoms with van der Waals surface area (Å²) in [5.74, 6) is -0.341. The number of anilines is 1. The van der Waals surface area contributed by atoms with Crippen LogP contribution in [-0.2, 0) is 0 Å². The summed E-state index contributed by atoms with van der Waals surface area (Å²) in [5.41, 5.74) is 2.86. The van der Waals surface area contributed by atoms with E-state index < -0.39 is 5.82 Å². The van der Waals surface area contributed by atoms with E-state index in [1.807, 2.05) is 31.2 Å². The Morgan fingerprint density at radius 2 is 1.77 bits per heavy atom. The minimum absolute atomic E-state index is 0.299. The Labute approximate surface area is 149 Å². The van der Waals surface area contributed by atoms with Gasteiger partial charge in [0.25, 0.3) is 5.91 Å². The molecule has 0 atom stereocenters. The molecule has 0 aliphatic heterocycles. The van der Waals surface area contributed by atoms with Gasteiger partial charge >= 0.3 is 0 Å². The highest BCUT2D eigenvalue weighted by atomic mass is 19.1. The van der Waals surface area contributed by atoms with Gasteiger partial charge in [-0.2, -0.15) is 0 Å². The summed E-state index contributed by atoms with van der Waals surface area (Å²) in [6.07, 6.45) is 1.71. The molecule has 0 fully saturated rings. The molecule has 2 heterocycles. The first-order chi connectivity index (χ1) is 12.6. The van der Waals surface area contributed by atoms with Crippen LogP contribution in [0.15, 0.2) is 66.9 Å². The predicted octanol–water partition coefficient (Wildman–Crippen LogP) is 4.10. The lowest BCUT2D eigenvalue weighted by Crippen LogP contribution is -2.13. The largest absolute Gasteiger partial charge is 0.322 e. The Kier molecular flexibility index (Phi) is 3.93. The lowest BCUT2D eigenvalue weighted by atomic mass is 10.2. The van der Waals surface area contributed by atoms with Gasteiger partial charge in [-0.05, 0) is 43.3 Å². The average Bonchev–Trinajstić information content (AvgIpc) is 3.08. The Morgan fingerprint density at radius 1 is 1.00 bits per heavy atom. The van der Waals surface area contributed by atoms with Crippen molar-refractivity contribution >= 4 is 17.2 Å². The third-order valence-corrected chi connectivity index (χ3v) is 4.10. The molecule has 4 rings (SSSR count). The molecular weight excluding hydrogens is 331 g/mol. The number of nitrogens with one attached hydrogen (secondary N) is 1. The Balaban J connectivity index is 1.74.